The van der Waals surface area contributed by atoms with Crippen LogP contribution in [0.15, 0.2) is 35.2 Å². The second-order valence-electron chi connectivity index (χ2n) is 4.40. The van der Waals surface area contributed by atoms with E-state index in [1.807, 2.05) is 6.92 Å². The molecule has 2 aromatic rings. The van der Waals surface area contributed by atoms with Crippen molar-refractivity contribution in [1.29, 1.82) is 0 Å². The highest BCUT2D eigenvalue weighted by molar-refractivity contribution is 7.93. The third-order valence-corrected chi connectivity index (χ3v) is 5.67. The average molecular weight is 325 g/mol. The van der Waals surface area contributed by atoms with Gasteiger partial charge in [0.2, 0.25) is 0 Å². The van der Waals surface area contributed by atoms with E-state index in [1.54, 1.807) is 25.1 Å². The molecular formula is C14H15NO4S2. The normalized spacial score (nSPS) is 11.2. The molecule has 5 nitrogen and oxygen atoms in total. The van der Waals surface area contributed by atoms with Gasteiger partial charge in [-0.2, -0.15) is 0 Å². The lowest BCUT2D eigenvalue weighted by Crippen LogP contribution is -2.14. The summed E-state index contributed by atoms with van der Waals surface area (Å²) in [7, 11) is -2.46. The quantitative estimate of drug-likeness (QED) is 0.877. The van der Waals surface area contributed by atoms with Gasteiger partial charge >= 0.3 is 5.97 Å². The van der Waals surface area contributed by atoms with Crippen LogP contribution in [0.5, 0.6) is 0 Å². The Morgan fingerprint density at radius 3 is 2.38 bits per heavy atom. The third kappa shape index (κ3) is 3.08. The van der Waals surface area contributed by atoms with E-state index in [9.17, 15) is 13.2 Å². The highest BCUT2D eigenvalue weighted by atomic mass is 32.2. The lowest BCUT2D eigenvalue weighted by molar-refractivity contribution is 0.0601. The molecule has 0 saturated heterocycles. The van der Waals surface area contributed by atoms with Gasteiger partial charge in [0, 0.05) is 4.88 Å². The number of esters is 1. The number of thiophene rings is 1. The maximum absolute atomic E-state index is 12.3. The number of benzene rings is 1. The van der Waals surface area contributed by atoms with Crippen molar-refractivity contribution in [1.82, 2.24) is 0 Å². The van der Waals surface area contributed by atoms with Crippen LogP contribution in [0.3, 0.4) is 0 Å². The molecule has 0 aliphatic rings. The van der Waals surface area contributed by atoms with Crippen molar-refractivity contribution in [2.24, 2.45) is 0 Å². The number of anilines is 1. The second kappa shape index (κ2) is 5.87. The molecule has 0 aliphatic heterocycles. The van der Waals surface area contributed by atoms with E-state index in [2.05, 4.69) is 4.72 Å². The largest absolute Gasteiger partial charge is 0.465 e. The molecule has 1 aromatic carbocycles. The number of aryl methyl sites for hydroxylation is 1. The van der Waals surface area contributed by atoms with Crippen LogP contribution in [0.2, 0.25) is 0 Å². The number of rotatable bonds is 4. The first-order valence-electron chi connectivity index (χ1n) is 6.13. The molecule has 0 aliphatic carbocycles. The Kier molecular flexibility index (Phi) is 4.34. The van der Waals surface area contributed by atoms with E-state index < -0.39 is 16.0 Å². The fraction of sp³-hybridized carbons (Fsp3) is 0.214. The summed E-state index contributed by atoms with van der Waals surface area (Å²) in [5.41, 5.74) is 0.983. The van der Waals surface area contributed by atoms with Gasteiger partial charge in [-0.05, 0) is 31.5 Å². The van der Waals surface area contributed by atoms with Crippen LogP contribution in [0.25, 0.3) is 0 Å². The predicted octanol–water partition coefficient (Wildman–Crippen LogP) is 2.95. The van der Waals surface area contributed by atoms with Crippen molar-refractivity contribution in [3.8, 4) is 0 Å². The van der Waals surface area contributed by atoms with E-state index >= 15 is 0 Å². The molecule has 1 aromatic heterocycles. The Labute approximate surface area is 127 Å². The standard InChI is InChI=1S/C14H15NO4S2/c1-9-10(2)20-13(12(9)14(16)19-3)15-21(17,18)11-7-5-4-6-8-11/h4-8,15H,1-3H3. The molecule has 2 rings (SSSR count). The topological polar surface area (TPSA) is 72.5 Å². The van der Waals surface area contributed by atoms with Crippen LogP contribution in [-0.2, 0) is 14.8 Å². The van der Waals surface area contributed by atoms with E-state index in [4.69, 9.17) is 4.74 Å². The minimum atomic E-state index is -3.73. The molecule has 7 heteroatoms. The molecule has 1 heterocycles. The van der Waals surface area contributed by atoms with Crippen LogP contribution in [0.4, 0.5) is 5.00 Å². The molecule has 0 bridgehead atoms. The number of methoxy groups -OCH3 is 1. The number of ether oxygens (including phenoxy) is 1. The zero-order chi connectivity index (χ0) is 15.6. The molecule has 0 unspecified atom stereocenters. The third-order valence-electron chi connectivity index (χ3n) is 3.06. The predicted molar refractivity (Wildman–Crippen MR) is 82.4 cm³/mol. The number of carbonyl (C=O) groups is 1. The van der Waals surface area contributed by atoms with Crippen LogP contribution >= 0.6 is 11.3 Å². The van der Waals surface area contributed by atoms with E-state index in [0.717, 1.165) is 10.4 Å². The van der Waals surface area contributed by atoms with Crippen LogP contribution in [0.1, 0.15) is 20.8 Å². The molecule has 21 heavy (non-hydrogen) atoms. The van der Waals surface area contributed by atoms with Crippen LogP contribution < -0.4 is 4.72 Å². The first-order valence-corrected chi connectivity index (χ1v) is 8.43. The van der Waals surface area contributed by atoms with Crippen molar-refractivity contribution in [2.45, 2.75) is 18.7 Å². The number of sulfonamides is 1. The summed E-state index contributed by atoms with van der Waals surface area (Å²) in [5, 5.41) is 0.278. The minimum Gasteiger partial charge on any atom is -0.465 e. The van der Waals surface area contributed by atoms with Gasteiger partial charge in [-0.1, -0.05) is 18.2 Å². The van der Waals surface area contributed by atoms with Gasteiger partial charge in [-0.3, -0.25) is 4.72 Å². The fourth-order valence-electron chi connectivity index (χ4n) is 1.83. The van der Waals surface area contributed by atoms with Gasteiger partial charge in [0.15, 0.2) is 0 Å². The Morgan fingerprint density at radius 2 is 1.81 bits per heavy atom. The number of carbonyl (C=O) groups excluding carboxylic acids is 1. The van der Waals surface area contributed by atoms with Crippen LogP contribution in [0, 0.1) is 13.8 Å². The SMILES string of the molecule is COC(=O)c1c(NS(=O)(=O)c2ccccc2)sc(C)c1C. The molecule has 0 radical (unpaired) electrons. The minimum absolute atomic E-state index is 0.143. The molecule has 1 N–H and O–H groups in total. The molecule has 0 fully saturated rings. The number of hydrogen-bond donors (Lipinski definition) is 1. The van der Waals surface area contributed by atoms with E-state index in [1.165, 1.54) is 30.6 Å². The van der Waals surface area contributed by atoms with Gasteiger partial charge in [-0.25, -0.2) is 13.2 Å². The van der Waals surface area contributed by atoms with Crippen molar-refractivity contribution >= 4 is 32.3 Å². The summed E-state index contributed by atoms with van der Waals surface area (Å²) in [6.45, 7) is 3.59. The maximum Gasteiger partial charge on any atom is 0.341 e. The zero-order valence-corrected chi connectivity index (χ0v) is 13.5. The maximum atomic E-state index is 12.3. The lowest BCUT2D eigenvalue weighted by atomic mass is 10.2. The Bertz CT molecular complexity index is 764. The van der Waals surface area contributed by atoms with Crippen LogP contribution in [-0.4, -0.2) is 21.5 Å². The highest BCUT2D eigenvalue weighted by Crippen LogP contribution is 2.34. The summed E-state index contributed by atoms with van der Waals surface area (Å²) in [6.07, 6.45) is 0. The molecule has 112 valence electrons. The average Bonchev–Trinajstić information content (AvgIpc) is 2.73. The van der Waals surface area contributed by atoms with Crippen molar-refractivity contribution < 1.29 is 17.9 Å². The zero-order valence-electron chi connectivity index (χ0n) is 11.8. The van der Waals surface area contributed by atoms with Gasteiger partial charge < -0.3 is 4.74 Å². The fourth-order valence-corrected chi connectivity index (χ4v) is 4.20. The summed E-state index contributed by atoms with van der Waals surface area (Å²) >= 11 is 1.22. The summed E-state index contributed by atoms with van der Waals surface area (Å²) in [4.78, 5) is 12.8. The van der Waals surface area contributed by atoms with Gasteiger partial charge in [-0.15, -0.1) is 11.3 Å². The summed E-state index contributed by atoms with van der Waals surface area (Å²) in [5.74, 6) is -0.553. The smallest absolute Gasteiger partial charge is 0.341 e. The molecular weight excluding hydrogens is 310 g/mol. The van der Waals surface area contributed by atoms with Crippen molar-refractivity contribution in [3.63, 3.8) is 0 Å². The van der Waals surface area contributed by atoms with E-state index in [0.29, 0.717) is 0 Å². The molecule has 0 atom stereocenters. The number of hydrogen-bond acceptors (Lipinski definition) is 5. The monoisotopic (exact) mass is 325 g/mol. The molecule has 0 spiro atoms. The first kappa shape index (κ1) is 15.5. The highest BCUT2D eigenvalue weighted by Gasteiger charge is 2.24. The van der Waals surface area contributed by atoms with E-state index in [-0.39, 0.29) is 15.5 Å². The van der Waals surface area contributed by atoms with Gasteiger partial charge in [0.25, 0.3) is 10.0 Å². The van der Waals surface area contributed by atoms with Gasteiger partial charge in [0.1, 0.15) is 5.00 Å². The Balaban J connectivity index is 2.45. The van der Waals surface area contributed by atoms with Gasteiger partial charge in [0.05, 0.1) is 17.6 Å². The summed E-state index contributed by atoms with van der Waals surface area (Å²) in [6, 6.07) is 8.00. The summed E-state index contributed by atoms with van der Waals surface area (Å²) < 4.78 is 31.9. The number of nitrogens with one attached hydrogen (secondary N) is 1. The van der Waals surface area contributed by atoms with Crippen molar-refractivity contribution in [2.75, 3.05) is 11.8 Å². The Hall–Kier alpha value is -1.86. The first-order chi connectivity index (χ1) is 9.86. The molecule has 0 amide bonds. The van der Waals surface area contributed by atoms with Crippen molar-refractivity contribution in [3.05, 3.63) is 46.3 Å². The molecule has 0 saturated carbocycles. The Morgan fingerprint density at radius 1 is 1.19 bits per heavy atom. The lowest BCUT2D eigenvalue weighted by Gasteiger charge is -2.08. The second-order valence-corrected chi connectivity index (χ2v) is 7.30.